The Labute approximate surface area is 159 Å². The fourth-order valence-electron chi connectivity index (χ4n) is 2.65. The number of amides is 1. The second kappa shape index (κ2) is 8.66. The van der Waals surface area contributed by atoms with E-state index in [4.69, 9.17) is 4.74 Å². The van der Waals surface area contributed by atoms with Gasteiger partial charge in [0.05, 0.1) is 17.4 Å². The Morgan fingerprint density at radius 2 is 1.78 bits per heavy atom. The van der Waals surface area contributed by atoms with Crippen molar-refractivity contribution in [2.45, 2.75) is 45.6 Å². The lowest BCUT2D eigenvalue weighted by molar-refractivity contribution is -0.385. The molecule has 6 heteroatoms. The number of benzene rings is 2. The Bertz CT molecular complexity index is 795. The molecule has 0 aromatic heterocycles. The Hall–Kier alpha value is -2.89. The fourth-order valence-corrected chi connectivity index (χ4v) is 2.65. The van der Waals surface area contributed by atoms with E-state index in [2.05, 4.69) is 26.1 Å². The number of carbonyl (C=O) groups is 1. The zero-order valence-electron chi connectivity index (χ0n) is 16.2. The highest BCUT2D eigenvalue weighted by molar-refractivity contribution is 5.80. The first kappa shape index (κ1) is 20.4. The summed E-state index contributed by atoms with van der Waals surface area (Å²) in [7, 11) is 0. The summed E-state index contributed by atoms with van der Waals surface area (Å²) < 4.78 is 5.73. The molecule has 2 aromatic carbocycles. The normalized spacial score (nSPS) is 12.3. The number of carbonyl (C=O) groups excluding carboxylic acids is 1. The minimum Gasteiger partial charge on any atom is -0.491 e. The number of hydrogen-bond acceptors (Lipinski definition) is 4. The summed E-state index contributed by atoms with van der Waals surface area (Å²) in [5.74, 6) is 0.464. The lowest BCUT2D eigenvalue weighted by Gasteiger charge is -2.20. The minimum absolute atomic E-state index is 0.0399. The highest BCUT2D eigenvalue weighted by Crippen LogP contribution is 2.24. The van der Waals surface area contributed by atoms with Crippen LogP contribution in [0.1, 0.15) is 38.8 Å². The summed E-state index contributed by atoms with van der Waals surface area (Å²) in [5, 5.41) is 13.8. The van der Waals surface area contributed by atoms with Crippen LogP contribution in [-0.4, -0.2) is 23.5 Å². The number of hydrogen-bond donors (Lipinski definition) is 1. The topological polar surface area (TPSA) is 81.5 Å². The van der Waals surface area contributed by atoms with Gasteiger partial charge in [-0.3, -0.25) is 14.9 Å². The molecular weight excluding hydrogens is 344 g/mol. The van der Waals surface area contributed by atoms with E-state index in [0.29, 0.717) is 12.2 Å². The van der Waals surface area contributed by atoms with E-state index in [1.54, 1.807) is 18.2 Å². The minimum atomic E-state index is -0.476. The second-order valence-corrected chi connectivity index (χ2v) is 7.62. The second-order valence-electron chi connectivity index (χ2n) is 7.62. The predicted octanol–water partition coefficient (Wildman–Crippen LogP) is 4.02. The smallest absolute Gasteiger partial charge is 0.273 e. The maximum Gasteiger partial charge on any atom is 0.273 e. The number of nitro groups is 1. The molecular formula is C21H26N2O4. The summed E-state index contributed by atoms with van der Waals surface area (Å²) >= 11 is 0. The zero-order chi connectivity index (χ0) is 20.0. The van der Waals surface area contributed by atoms with Crippen molar-refractivity contribution >= 4 is 11.6 Å². The molecule has 0 aliphatic heterocycles. The van der Waals surface area contributed by atoms with Gasteiger partial charge < -0.3 is 10.1 Å². The van der Waals surface area contributed by atoms with Gasteiger partial charge in [0.25, 0.3) is 5.69 Å². The van der Waals surface area contributed by atoms with Gasteiger partial charge >= 0.3 is 0 Å². The van der Waals surface area contributed by atoms with Crippen molar-refractivity contribution in [2.24, 2.45) is 0 Å². The quantitative estimate of drug-likeness (QED) is 0.589. The van der Waals surface area contributed by atoms with Gasteiger partial charge in [0.15, 0.2) is 0 Å². The number of nitrogens with one attached hydrogen (secondary N) is 1. The number of ether oxygens (including phenoxy) is 1. The van der Waals surface area contributed by atoms with Crippen molar-refractivity contribution in [3.05, 3.63) is 69.8 Å². The molecule has 0 bridgehead atoms. The molecule has 2 rings (SSSR count). The number of nitro benzene ring substituents is 1. The number of para-hydroxylation sites is 1. The van der Waals surface area contributed by atoms with Crippen LogP contribution in [0.3, 0.4) is 0 Å². The van der Waals surface area contributed by atoms with Gasteiger partial charge in [-0.25, -0.2) is 0 Å². The van der Waals surface area contributed by atoms with E-state index in [1.807, 2.05) is 31.2 Å². The molecule has 0 radical (unpaired) electrons. The molecule has 0 saturated heterocycles. The van der Waals surface area contributed by atoms with Gasteiger partial charge in [0.1, 0.15) is 12.4 Å². The van der Waals surface area contributed by atoms with Gasteiger partial charge in [-0.15, -0.1) is 0 Å². The van der Waals surface area contributed by atoms with Crippen molar-refractivity contribution in [3.8, 4) is 5.75 Å². The SMILES string of the molecule is CC(COc1ccc(C(C)(C)C)cc1)NC(=O)Cc1ccccc1[N+](=O)[O-]. The highest BCUT2D eigenvalue weighted by Gasteiger charge is 2.17. The molecule has 1 unspecified atom stereocenters. The molecule has 144 valence electrons. The Kier molecular flexibility index (Phi) is 6.55. The number of rotatable bonds is 7. The van der Waals surface area contributed by atoms with Gasteiger partial charge in [0, 0.05) is 11.6 Å². The average molecular weight is 370 g/mol. The maximum atomic E-state index is 12.2. The zero-order valence-corrected chi connectivity index (χ0v) is 16.2. The predicted molar refractivity (Wildman–Crippen MR) is 105 cm³/mol. The largest absolute Gasteiger partial charge is 0.491 e. The first-order chi connectivity index (χ1) is 12.7. The molecule has 0 heterocycles. The van der Waals surface area contributed by atoms with Gasteiger partial charge in [-0.05, 0) is 30.0 Å². The molecule has 1 N–H and O–H groups in total. The van der Waals surface area contributed by atoms with Crippen molar-refractivity contribution in [2.75, 3.05) is 6.61 Å². The Morgan fingerprint density at radius 3 is 2.37 bits per heavy atom. The monoisotopic (exact) mass is 370 g/mol. The third-order valence-electron chi connectivity index (χ3n) is 4.17. The molecule has 0 saturated carbocycles. The first-order valence-electron chi connectivity index (χ1n) is 8.92. The molecule has 0 aliphatic carbocycles. The molecule has 2 aromatic rings. The lowest BCUT2D eigenvalue weighted by atomic mass is 9.87. The van der Waals surface area contributed by atoms with Crippen LogP contribution < -0.4 is 10.1 Å². The Morgan fingerprint density at radius 1 is 1.15 bits per heavy atom. The molecule has 1 amide bonds. The maximum absolute atomic E-state index is 12.2. The fraction of sp³-hybridized carbons (Fsp3) is 0.381. The summed E-state index contributed by atoms with van der Waals surface area (Å²) in [4.78, 5) is 22.7. The van der Waals surface area contributed by atoms with Gasteiger partial charge in [-0.1, -0.05) is 51.1 Å². The van der Waals surface area contributed by atoms with Crippen LogP contribution in [0.2, 0.25) is 0 Å². The summed E-state index contributed by atoms with van der Waals surface area (Å²) in [6.45, 7) is 8.60. The molecule has 1 atom stereocenters. The van der Waals surface area contributed by atoms with Crippen LogP contribution in [0, 0.1) is 10.1 Å². The third-order valence-corrected chi connectivity index (χ3v) is 4.17. The van der Waals surface area contributed by atoms with Crippen LogP contribution in [0.25, 0.3) is 0 Å². The molecule has 0 spiro atoms. The van der Waals surface area contributed by atoms with Crippen LogP contribution in [-0.2, 0) is 16.6 Å². The highest BCUT2D eigenvalue weighted by atomic mass is 16.6. The first-order valence-corrected chi connectivity index (χ1v) is 8.92. The van der Waals surface area contributed by atoms with E-state index in [1.165, 1.54) is 11.6 Å². The van der Waals surface area contributed by atoms with Crippen molar-refractivity contribution in [3.63, 3.8) is 0 Å². The van der Waals surface area contributed by atoms with E-state index in [9.17, 15) is 14.9 Å². The van der Waals surface area contributed by atoms with Crippen LogP contribution >= 0.6 is 0 Å². The van der Waals surface area contributed by atoms with E-state index in [0.717, 1.165) is 5.75 Å². The lowest BCUT2D eigenvalue weighted by Crippen LogP contribution is -2.37. The average Bonchev–Trinajstić information content (AvgIpc) is 2.59. The van der Waals surface area contributed by atoms with Gasteiger partial charge in [-0.2, -0.15) is 0 Å². The number of nitrogens with zero attached hydrogens (tertiary/aromatic N) is 1. The molecule has 6 nitrogen and oxygen atoms in total. The summed E-state index contributed by atoms with van der Waals surface area (Å²) in [6.07, 6.45) is -0.0399. The third kappa shape index (κ3) is 6.09. The van der Waals surface area contributed by atoms with Gasteiger partial charge in [0.2, 0.25) is 5.91 Å². The van der Waals surface area contributed by atoms with Crippen molar-refractivity contribution in [1.82, 2.24) is 5.32 Å². The standard InChI is InChI=1S/C21H26N2O4/c1-15(14-27-18-11-9-17(10-12-18)21(2,3)4)22-20(24)13-16-7-5-6-8-19(16)23(25)26/h5-12,15H,13-14H2,1-4H3,(H,22,24). The van der Waals surface area contributed by atoms with E-state index < -0.39 is 4.92 Å². The van der Waals surface area contributed by atoms with Crippen molar-refractivity contribution < 1.29 is 14.5 Å². The summed E-state index contributed by atoms with van der Waals surface area (Å²) in [6, 6.07) is 13.9. The van der Waals surface area contributed by atoms with E-state index >= 15 is 0 Å². The Balaban J connectivity index is 1.86. The van der Waals surface area contributed by atoms with E-state index in [-0.39, 0.29) is 29.5 Å². The van der Waals surface area contributed by atoms with Crippen LogP contribution in [0.5, 0.6) is 5.75 Å². The summed E-state index contributed by atoms with van der Waals surface area (Å²) in [5.41, 5.74) is 1.65. The molecule has 0 aliphatic rings. The molecule has 27 heavy (non-hydrogen) atoms. The van der Waals surface area contributed by atoms with Crippen molar-refractivity contribution in [1.29, 1.82) is 0 Å². The van der Waals surface area contributed by atoms with Crippen LogP contribution in [0.15, 0.2) is 48.5 Å². The van der Waals surface area contributed by atoms with Crippen LogP contribution in [0.4, 0.5) is 5.69 Å². The molecule has 0 fully saturated rings.